The van der Waals surface area contributed by atoms with Crippen LogP contribution < -0.4 is 5.11 Å². The number of carbonyl (C=O) groups is 1. The van der Waals surface area contributed by atoms with Gasteiger partial charge in [0.2, 0.25) is 0 Å². The fourth-order valence-electron chi connectivity index (χ4n) is 1.02. The van der Waals surface area contributed by atoms with Crippen molar-refractivity contribution in [1.29, 1.82) is 0 Å². The lowest BCUT2D eigenvalue weighted by Crippen LogP contribution is -2.06. The zero-order valence-electron chi connectivity index (χ0n) is 6.62. The molecule has 0 aliphatic carbocycles. The number of rotatable bonds is 3. The van der Waals surface area contributed by atoms with E-state index in [0.717, 1.165) is 11.8 Å². The number of hydrogen-bond donors (Lipinski definition) is 0. The molecule has 0 saturated carbocycles. The largest absolute Gasteiger partial charge is 0.876 e. The van der Waals surface area contributed by atoms with Gasteiger partial charge in [-0.15, -0.1) is 12.3 Å². The van der Waals surface area contributed by atoms with Gasteiger partial charge in [-0.05, 0) is 12.0 Å². The van der Waals surface area contributed by atoms with Gasteiger partial charge in [0.1, 0.15) is 6.29 Å². The van der Waals surface area contributed by atoms with Gasteiger partial charge in [0, 0.05) is 5.56 Å². The number of carbonyl (C=O) groups excluding carboxylic acids is 1. The summed E-state index contributed by atoms with van der Waals surface area (Å²) < 4.78 is 0. The van der Waals surface area contributed by atoms with Crippen LogP contribution in [0.15, 0.2) is 36.6 Å². The van der Waals surface area contributed by atoms with E-state index in [-0.39, 0.29) is 12.2 Å². The summed E-state index contributed by atoms with van der Waals surface area (Å²) in [5, 5.41) is 10.7. The van der Waals surface area contributed by atoms with Crippen molar-refractivity contribution >= 4 is 6.29 Å². The van der Waals surface area contributed by atoms with E-state index in [4.69, 9.17) is 0 Å². The average molecular weight is 161 g/mol. The van der Waals surface area contributed by atoms with E-state index in [1.165, 1.54) is 0 Å². The number of benzene rings is 1. The summed E-state index contributed by atoms with van der Waals surface area (Å²) in [6, 6.07) is 7.00. The van der Waals surface area contributed by atoms with Crippen LogP contribution in [-0.2, 0) is 6.42 Å². The average Bonchev–Trinajstić information content (AvgIpc) is 2.04. The first-order chi connectivity index (χ1) is 5.74. The highest BCUT2D eigenvalue weighted by Crippen LogP contribution is 2.08. The predicted octanol–water partition coefficient (Wildman–Crippen LogP) is 0.916. The number of hydrogen-bond acceptors (Lipinski definition) is 2. The lowest BCUT2D eigenvalue weighted by atomic mass is 10.1. The molecule has 0 aromatic heterocycles. The summed E-state index contributed by atoms with van der Waals surface area (Å²) in [4.78, 5) is 10.5. The van der Waals surface area contributed by atoms with Gasteiger partial charge >= 0.3 is 0 Å². The molecule has 0 spiro atoms. The van der Waals surface area contributed by atoms with Crippen molar-refractivity contribution < 1.29 is 9.90 Å². The Hall–Kier alpha value is -1.57. The van der Waals surface area contributed by atoms with Crippen LogP contribution >= 0.6 is 0 Å². The first-order valence-electron chi connectivity index (χ1n) is 3.62. The minimum Gasteiger partial charge on any atom is -0.876 e. The quantitative estimate of drug-likeness (QED) is 0.488. The third-order valence-electron chi connectivity index (χ3n) is 1.57. The standard InChI is InChI=1S/C10H10O2/c1-8(12)6-9-4-2-3-5-10(9)7-11/h2-5,7,12H,1,6H2/p-1. The van der Waals surface area contributed by atoms with Crippen molar-refractivity contribution in [1.82, 2.24) is 0 Å². The Balaban J connectivity index is 2.96. The van der Waals surface area contributed by atoms with Gasteiger partial charge in [0.15, 0.2) is 0 Å². The maximum Gasteiger partial charge on any atom is 0.150 e. The highest BCUT2D eigenvalue weighted by molar-refractivity contribution is 5.77. The van der Waals surface area contributed by atoms with Crippen molar-refractivity contribution in [3.8, 4) is 0 Å². The molecule has 0 atom stereocenters. The highest BCUT2D eigenvalue weighted by Gasteiger charge is 1.97. The Bertz CT molecular complexity index is 302. The van der Waals surface area contributed by atoms with Gasteiger partial charge in [-0.3, -0.25) is 4.79 Å². The zero-order chi connectivity index (χ0) is 8.97. The summed E-state index contributed by atoms with van der Waals surface area (Å²) in [6.45, 7) is 3.25. The van der Waals surface area contributed by atoms with Crippen molar-refractivity contribution in [2.75, 3.05) is 0 Å². The lowest BCUT2D eigenvalue weighted by molar-refractivity contribution is -0.304. The Morgan fingerprint density at radius 1 is 1.50 bits per heavy atom. The van der Waals surface area contributed by atoms with Crippen LogP contribution in [0.25, 0.3) is 0 Å². The molecule has 2 heteroatoms. The molecule has 1 aromatic carbocycles. The summed E-state index contributed by atoms with van der Waals surface area (Å²) in [5.74, 6) is -0.177. The van der Waals surface area contributed by atoms with Crippen molar-refractivity contribution in [3.05, 3.63) is 47.7 Å². The third-order valence-corrected chi connectivity index (χ3v) is 1.57. The molecule has 0 fully saturated rings. The van der Waals surface area contributed by atoms with Crippen LogP contribution in [0.3, 0.4) is 0 Å². The van der Waals surface area contributed by atoms with Crippen molar-refractivity contribution in [2.45, 2.75) is 6.42 Å². The summed E-state index contributed by atoms with van der Waals surface area (Å²) in [7, 11) is 0. The van der Waals surface area contributed by atoms with Crippen LogP contribution in [-0.4, -0.2) is 6.29 Å². The first-order valence-corrected chi connectivity index (χ1v) is 3.62. The molecular weight excluding hydrogens is 152 g/mol. The van der Waals surface area contributed by atoms with Crippen molar-refractivity contribution in [2.24, 2.45) is 0 Å². The Kier molecular flexibility index (Phi) is 2.64. The molecule has 0 bridgehead atoms. The molecule has 0 unspecified atom stereocenters. The third kappa shape index (κ3) is 1.95. The molecule has 62 valence electrons. The second-order valence-electron chi connectivity index (χ2n) is 2.53. The molecular formula is C10H9O2-. The van der Waals surface area contributed by atoms with E-state index in [9.17, 15) is 9.90 Å². The van der Waals surface area contributed by atoms with E-state index >= 15 is 0 Å². The van der Waals surface area contributed by atoms with E-state index in [2.05, 4.69) is 6.58 Å². The molecule has 12 heavy (non-hydrogen) atoms. The maximum absolute atomic E-state index is 10.7. The Labute approximate surface area is 71.2 Å². The molecule has 2 nitrogen and oxygen atoms in total. The van der Waals surface area contributed by atoms with E-state index in [0.29, 0.717) is 5.56 Å². The molecule has 1 rings (SSSR count). The van der Waals surface area contributed by atoms with E-state index < -0.39 is 0 Å². The van der Waals surface area contributed by atoms with Gasteiger partial charge in [-0.2, -0.15) is 0 Å². The fraction of sp³-hybridized carbons (Fsp3) is 0.100. The normalized spacial score (nSPS) is 9.33. The summed E-state index contributed by atoms with van der Waals surface area (Å²) >= 11 is 0. The van der Waals surface area contributed by atoms with Crippen LogP contribution in [0.1, 0.15) is 15.9 Å². The Morgan fingerprint density at radius 2 is 2.17 bits per heavy atom. The van der Waals surface area contributed by atoms with Gasteiger partial charge in [-0.25, -0.2) is 0 Å². The molecule has 0 aliphatic heterocycles. The second-order valence-corrected chi connectivity index (χ2v) is 2.53. The molecule has 0 N–H and O–H groups in total. The SMILES string of the molecule is C=C([O-])Cc1ccccc1C=O. The topological polar surface area (TPSA) is 40.1 Å². The van der Waals surface area contributed by atoms with E-state index in [1.807, 2.05) is 0 Å². The minimum absolute atomic E-state index is 0.177. The minimum atomic E-state index is -0.177. The van der Waals surface area contributed by atoms with Crippen LogP contribution in [0.4, 0.5) is 0 Å². The van der Waals surface area contributed by atoms with E-state index in [1.54, 1.807) is 24.3 Å². The number of allylic oxidation sites excluding steroid dienone is 1. The molecule has 0 aliphatic rings. The lowest BCUT2D eigenvalue weighted by Gasteiger charge is -2.10. The van der Waals surface area contributed by atoms with Crippen LogP contribution in [0.2, 0.25) is 0 Å². The zero-order valence-corrected chi connectivity index (χ0v) is 6.62. The van der Waals surface area contributed by atoms with Crippen LogP contribution in [0.5, 0.6) is 0 Å². The maximum atomic E-state index is 10.7. The molecule has 0 amide bonds. The molecule has 0 saturated heterocycles. The van der Waals surface area contributed by atoms with Gasteiger partial charge in [0.25, 0.3) is 0 Å². The summed E-state index contributed by atoms with van der Waals surface area (Å²) in [5.41, 5.74) is 1.31. The fourth-order valence-corrected chi connectivity index (χ4v) is 1.02. The smallest absolute Gasteiger partial charge is 0.150 e. The number of aldehydes is 1. The van der Waals surface area contributed by atoms with Gasteiger partial charge < -0.3 is 5.11 Å². The summed E-state index contributed by atoms with van der Waals surface area (Å²) in [6.07, 6.45) is 0.979. The first kappa shape index (κ1) is 8.53. The molecule has 1 aromatic rings. The van der Waals surface area contributed by atoms with Crippen molar-refractivity contribution in [3.63, 3.8) is 0 Å². The van der Waals surface area contributed by atoms with Gasteiger partial charge in [0.05, 0.1) is 0 Å². The van der Waals surface area contributed by atoms with Crippen LogP contribution in [0, 0.1) is 0 Å². The predicted molar refractivity (Wildman–Crippen MR) is 44.7 cm³/mol. The molecule has 0 radical (unpaired) electrons. The highest BCUT2D eigenvalue weighted by atomic mass is 16.3. The van der Waals surface area contributed by atoms with Gasteiger partial charge in [-0.1, -0.05) is 24.3 Å². The second kappa shape index (κ2) is 3.72. The molecule has 0 heterocycles. The Morgan fingerprint density at radius 3 is 2.75 bits per heavy atom. The monoisotopic (exact) mass is 161 g/mol.